The summed E-state index contributed by atoms with van der Waals surface area (Å²) in [5, 5.41) is 10.9. The van der Waals surface area contributed by atoms with Crippen LogP contribution in [0.5, 0.6) is 0 Å². The molecule has 1 amide bonds. The van der Waals surface area contributed by atoms with E-state index in [-0.39, 0.29) is 48.7 Å². The molecule has 3 rings (SSSR count). The fraction of sp³-hybridized carbons (Fsp3) is 0.429. The van der Waals surface area contributed by atoms with Crippen LogP contribution in [0.1, 0.15) is 45.1 Å². The molecule has 0 spiro atoms. The van der Waals surface area contributed by atoms with E-state index in [1.165, 1.54) is 0 Å². The van der Waals surface area contributed by atoms with Gasteiger partial charge in [0.05, 0.1) is 5.69 Å². The van der Waals surface area contributed by atoms with E-state index < -0.39 is 11.2 Å². The maximum atomic E-state index is 12.8. The predicted molar refractivity (Wildman–Crippen MR) is 114 cm³/mol. The topological polar surface area (TPSA) is 125 Å². The molecular formula is C21H26N6O4. The van der Waals surface area contributed by atoms with Crippen molar-refractivity contribution in [1.82, 2.24) is 29.8 Å². The lowest BCUT2D eigenvalue weighted by Crippen LogP contribution is -2.41. The molecule has 31 heavy (non-hydrogen) atoms. The van der Waals surface area contributed by atoms with Crippen molar-refractivity contribution in [3.8, 4) is 17.2 Å². The SMILES string of the molecule is CC[C@H](C)NC(=O)CCc1nc(-c2nn(-c3ccc(C)cc3)c(=O)n(CC)c2=O)no1. The van der Waals surface area contributed by atoms with Crippen LogP contribution in [-0.2, 0) is 17.8 Å². The lowest BCUT2D eigenvalue weighted by Gasteiger charge is -2.10. The van der Waals surface area contributed by atoms with Gasteiger partial charge in [-0.15, -0.1) is 0 Å². The van der Waals surface area contributed by atoms with Gasteiger partial charge in [0.2, 0.25) is 17.6 Å². The van der Waals surface area contributed by atoms with Crippen LogP contribution in [0.15, 0.2) is 38.4 Å². The van der Waals surface area contributed by atoms with Crippen molar-refractivity contribution in [2.45, 2.75) is 59.5 Å². The Morgan fingerprint density at radius 2 is 1.90 bits per heavy atom. The van der Waals surface area contributed by atoms with Gasteiger partial charge in [-0.2, -0.15) is 14.8 Å². The molecule has 3 aromatic rings. The smallest absolute Gasteiger partial charge is 0.352 e. The molecule has 1 N–H and O–H groups in total. The van der Waals surface area contributed by atoms with Gasteiger partial charge in [0.25, 0.3) is 5.56 Å². The fourth-order valence-corrected chi connectivity index (χ4v) is 2.91. The van der Waals surface area contributed by atoms with E-state index in [1.54, 1.807) is 19.1 Å². The Hall–Kier alpha value is -3.56. The van der Waals surface area contributed by atoms with Gasteiger partial charge in [0, 0.05) is 25.4 Å². The Morgan fingerprint density at radius 1 is 1.19 bits per heavy atom. The number of carbonyl (C=O) groups is 1. The Labute approximate surface area is 178 Å². The summed E-state index contributed by atoms with van der Waals surface area (Å²) >= 11 is 0. The zero-order valence-corrected chi connectivity index (χ0v) is 18.1. The van der Waals surface area contributed by atoms with Crippen LogP contribution in [0.25, 0.3) is 17.2 Å². The van der Waals surface area contributed by atoms with E-state index in [0.29, 0.717) is 5.69 Å². The molecule has 2 heterocycles. The van der Waals surface area contributed by atoms with Gasteiger partial charge in [0.1, 0.15) is 0 Å². The average molecular weight is 426 g/mol. The molecular weight excluding hydrogens is 400 g/mol. The van der Waals surface area contributed by atoms with Crippen LogP contribution in [-0.4, -0.2) is 36.4 Å². The molecule has 10 nitrogen and oxygen atoms in total. The highest BCUT2D eigenvalue weighted by Gasteiger charge is 2.20. The van der Waals surface area contributed by atoms with Gasteiger partial charge in [-0.25, -0.2) is 4.79 Å². The molecule has 0 aliphatic carbocycles. The number of nitrogens with one attached hydrogen (secondary N) is 1. The molecule has 0 fully saturated rings. The molecule has 0 aliphatic heterocycles. The number of carbonyl (C=O) groups excluding carboxylic acids is 1. The van der Waals surface area contributed by atoms with Crippen LogP contribution in [0, 0.1) is 6.92 Å². The summed E-state index contributed by atoms with van der Waals surface area (Å²) in [6.45, 7) is 7.71. The number of hydrogen-bond acceptors (Lipinski definition) is 7. The third-order valence-electron chi connectivity index (χ3n) is 4.92. The molecule has 2 aromatic heterocycles. The van der Waals surface area contributed by atoms with Gasteiger partial charge < -0.3 is 9.84 Å². The van der Waals surface area contributed by atoms with Crippen LogP contribution >= 0.6 is 0 Å². The molecule has 164 valence electrons. The standard InChI is InChI=1S/C21H26N6O4/c1-5-14(4)22-16(28)11-12-17-23-19(25-31-17)18-20(29)26(6-2)21(30)27(24-18)15-9-7-13(3)8-10-15/h7-10,14H,5-6,11-12H2,1-4H3,(H,22,28)/t14-/m0/s1. The van der Waals surface area contributed by atoms with E-state index in [4.69, 9.17) is 4.52 Å². The second-order valence-electron chi connectivity index (χ2n) is 7.32. The summed E-state index contributed by atoms with van der Waals surface area (Å²) in [6.07, 6.45) is 1.25. The van der Waals surface area contributed by atoms with Crippen molar-refractivity contribution < 1.29 is 9.32 Å². The maximum Gasteiger partial charge on any atom is 0.352 e. The molecule has 0 bridgehead atoms. The molecule has 1 atom stereocenters. The summed E-state index contributed by atoms with van der Waals surface area (Å²) in [7, 11) is 0. The normalized spacial score (nSPS) is 12.0. The summed E-state index contributed by atoms with van der Waals surface area (Å²) in [4.78, 5) is 41.7. The van der Waals surface area contributed by atoms with E-state index in [2.05, 4.69) is 20.6 Å². The number of nitrogens with zero attached hydrogens (tertiary/aromatic N) is 5. The van der Waals surface area contributed by atoms with Crippen LogP contribution in [0.2, 0.25) is 0 Å². The fourth-order valence-electron chi connectivity index (χ4n) is 2.91. The Kier molecular flexibility index (Phi) is 6.78. The zero-order chi connectivity index (χ0) is 22.5. The number of hydrogen-bond donors (Lipinski definition) is 1. The molecule has 0 aliphatic rings. The Morgan fingerprint density at radius 3 is 2.55 bits per heavy atom. The lowest BCUT2D eigenvalue weighted by molar-refractivity contribution is -0.121. The minimum absolute atomic E-state index is 0.0228. The number of aryl methyl sites for hydroxylation is 2. The molecule has 0 saturated carbocycles. The van der Waals surface area contributed by atoms with E-state index in [9.17, 15) is 14.4 Å². The lowest BCUT2D eigenvalue weighted by atomic mass is 10.2. The maximum absolute atomic E-state index is 12.8. The second-order valence-corrected chi connectivity index (χ2v) is 7.32. The van der Waals surface area contributed by atoms with Gasteiger partial charge >= 0.3 is 5.69 Å². The summed E-state index contributed by atoms with van der Waals surface area (Å²) < 4.78 is 7.42. The predicted octanol–water partition coefficient (Wildman–Crippen LogP) is 1.62. The number of rotatable bonds is 8. The second kappa shape index (κ2) is 9.50. The minimum Gasteiger partial charge on any atom is -0.354 e. The van der Waals surface area contributed by atoms with Gasteiger partial charge in [-0.05, 0) is 39.3 Å². The Bertz CT molecular complexity index is 1180. The first-order chi connectivity index (χ1) is 14.8. The quantitative estimate of drug-likeness (QED) is 0.580. The monoisotopic (exact) mass is 426 g/mol. The van der Waals surface area contributed by atoms with Crippen LogP contribution < -0.4 is 16.6 Å². The number of amides is 1. The Balaban J connectivity index is 1.92. The van der Waals surface area contributed by atoms with Crippen molar-refractivity contribution in [3.63, 3.8) is 0 Å². The first-order valence-corrected chi connectivity index (χ1v) is 10.3. The van der Waals surface area contributed by atoms with Crippen LogP contribution in [0.3, 0.4) is 0 Å². The van der Waals surface area contributed by atoms with Gasteiger partial charge in [-0.3, -0.25) is 14.2 Å². The molecule has 10 heteroatoms. The highest BCUT2D eigenvalue weighted by Crippen LogP contribution is 2.11. The number of benzene rings is 1. The van der Waals surface area contributed by atoms with Crippen molar-refractivity contribution in [2.75, 3.05) is 0 Å². The average Bonchev–Trinajstić information content (AvgIpc) is 3.22. The summed E-state index contributed by atoms with van der Waals surface area (Å²) in [5.41, 5.74) is 0.301. The van der Waals surface area contributed by atoms with Gasteiger partial charge in [-0.1, -0.05) is 29.8 Å². The summed E-state index contributed by atoms with van der Waals surface area (Å²) in [5.74, 6) is 0.0746. The van der Waals surface area contributed by atoms with E-state index in [1.807, 2.05) is 32.9 Å². The van der Waals surface area contributed by atoms with Crippen molar-refractivity contribution in [3.05, 3.63) is 56.6 Å². The molecule has 0 saturated heterocycles. The third-order valence-corrected chi connectivity index (χ3v) is 4.92. The highest BCUT2D eigenvalue weighted by atomic mass is 16.5. The van der Waals surface area contributed by atoms with E-state index in [0.717, 1.165) is 21.2 Å². The number of aromatic nitrogens is 5. The van der Waals surface area contributed by atoms with E-state index >= 15 is 0 Å². The highest BCUT2D eigenvalue weighted by molar-refractivity contribution is 5.76. The van der Waals surface area contributed by atoms with Crippen molar-refractivity contribution in [2.24, 2.45) is 0 Å². The largest absolute Gasteiger partial charge is 0.354 e. The van der Waals surface area contributed by atoms with Crippen molar-refractivity contribution in [1.29, 1.82) is 0 Å². The third kappa shape index (κ3) is 4.96. The van der Waals surface area contributed by atoms with Crippen LogP contribution in [0.4, 0.5) is 0 Å². The molecule has 0 radical (unpaired) electrons. The van der Waals surface area contributed by atoms with Crippen molar-refractivity contribution >= 4 is 5.91 Å². The zero-order valence-electron chi connectivity index (χ0n) is 18.1. The van der Waals surface area contributed by atoms with Gasteiger partial charge in [0.15, 0.2) is 5.69 Å². The summed E-state index contributed by atoms with van der Waals surface area (Å²) in [6, 6.07) is 7.28. The minimum atomic E-state index is -0.599. The first kappa shape index (κ1) is 22.1. The molecule has 1 aromatic carbocycles. The molecule has 0 unspecified atom stereocenters. The first-order valence-electron chi connectivity index (χ1n) is 10.3.